The Hall–Kier alpha value is -2.31. The van der Waals surface area contributed by atoms with Crippen LogP contribution in [0.3, 0.4) is 0 Å². The lowest BCUT2D eigenvalue weighted by Gasteiger charge is -2.59. The molecule has 1 aromatic carbocycles. The Morgan fingerprint density at radius 1 is 1.21 bits per heavy atom. The molecule has 2 saturated carbocycles. The highest BCUT2D eigenvalue weighted by atomic mass is 35.5. The lowest BCUT2D eigenvalue weighted by atomic mass is 9.58. The molecule has 2 N–H and O–H groups in total. The first-order chi connectivity index (χ1) is 15.9. The number of benzene rings is 1. The number of aromatic nitrogens is 1. The van der Waals surface area contributed by atoms with Crippen LogP contribution < -0.4 is 0 Å². The lowest BCUT2D eigenvalue weighted by Crippen LogP contribution is -2.65. The van der Waals surface area contributed by atoms with Gasteiger partial charge in [-0.15, -0.1) is 11.3 Å². The third-order valence-electron chi connectivity index (χ3n) is 8.22. The topological polar surface area (TPSA) is 73.4 Å². The van der Waals surface area contributed by atoms with Crippen LogP contribution in [-0.2, 0) is 9.59 Å². The number of aliphatic carboxylic acids is 1. The first-order valence-electron chi connectivity index (χ1n) is 11.8. The molecular formula is C26H27ClN2O3S. The summed E-state index contributed by atoms with van der Waals surface area (Å²) in [4.78, 5) is 32.1. The Kier molecular flexibility index (Phi) is 5.07. The van der Waals surface area contributed by atoms with Gasteiger partial charge < -0.3 is 15.0 Å². The number of nitrogens with one attached hydrogen (secondary N) is 1. The molecule has 0 radical (unpaired) electrons. The molecule has 2 saturated heterocycles. The van der Waals surface area contributed by atoms with Crippen LogP contribution in [0.4, 0.5) is 0 Å². The fraction of sp³-hybridized carbons (Fsp3) is 0.462. The molecule has 2 aliphatic carbocycles. The molecule has 5 nitrogen and oxygen atoms in total. The average Bonchev–Trinajstić information content (AvgIpc) is 3.39. The van der Waals surface area contributed by atoms with E-state index in [0.29, 0.717) is 12.3 Å². The van der Waals surface area contributed by atoms with Gasteiger partial charge >= 0.3 is 5.97 Å². The molecular weight excluding hydrogens is 456 g/mol. The van der Waals surface area contributed by atoms with Gasteiger partial charge in [0.1, 0.15) is 0 Å². The molecule has 2 aromatic heterocycles. The zero-order chi connectivity index (χ0) is 22.9. The fourth-order valence-electron chi connectivity index (χ4n) is 7.02. The molecule has 6 unspecified atom stereocenters. The number of hydrogen-bond donors (Lipinski definition) is 2. The van der Waals surface area contributed by atoms with Gasteiger partial charge in [-0.05, 0) is 67.2 Å². The Bertz CT molecular complexity index is 1250. The highest BCUT2D eigenvalue weighted by Crippen LogP contribution is 2.52. The zero-order valence-electron chi connectivity index (χ0n) is 18.5. The van der Waals surface area contributed by atoms with Gasteiger partial charge in [0.05, 0.1) is 10.3 Å². The normalized spacial score (nSPS) is 29.0. The van der Waals surface area contributed by atoms with Gasteiger partial charge in [-0.25, -0.2) is 0 Å². The van der Waals surface area contributed by atoms with Gasteiger partial charge in [0, 0.05) is 46.0 Å². The summed E-state index contributed by atoms with van der Waals surface area (Å²) in [6, 6.07) is 10.2. The van der Waals surface area contributed by atoms with Crippen molar-refractivity contribution in [2.75, 3.05) is 0 Å². The number of carboxylic acids is 1. The Balaban J connectivity index is 1.29. The van der Waals surface area contributed by atoms with E-state index in [1.165, 1.54) is 0 Å². The quantitative estimate of drug-likeness (QED) is 0.458. The Morgan fingerprint density at radius 2 is 2.06 bits per heavy atom. The zero-order valence-corrected chi connectivity index (χ0v) is 20.0. The lowest BCUT2D eigenvalue weighted by molar-refractivity contribution is -0.171. The van der Waals surface area contributed by atoms with Crippen molar-refractivity contribution in [3.05, 3.63) is 46.4 Å². The molecule has 0 spiro atoms. The molecule has 33 heavy (non-hydrogen) atoms. The van der Waals surface area contributed by atoms with Crippen LogP contribution in [0.1, 0.15) is 50.5 Å². The Labute approximate surface area is 201 Å². The molecule has 4 fully saturated rings. The van der Waals surface area contributed by atoms with Crippen LogP contribution in [0.15, 0.2) is 36.5 Å². The van der Waals surface area contributed by atoms with Crippen LogP contribution in [0.2, 0.25) is 4.34 Å². The number of fused-ring (bicyclic) bond motifs is 1. The third-order valence-corrected chi connectivity index (χ3v) is 9.49. The van der Waals surface area contributed by atoms with E-state index >= 15 is 0 Å². The first-order valence-corrected chi connectivity index (χ1v) is 13.0. The molecule has 4 aliphatic rings. The van der Waals surface area contributed by atoms with Crippen molar-refractivity contribution in [2.24, 2.45) is 17.8 Å². The summed E-state index contributed by atoms with van der Waals surface area (Å²) >= 11 is 7.76. The SMILES string of the molecule is CC(CC(=O)N1C2CC3CC(C2)C(C(=O)O)C1C3)c1c[nH]c2cccc(-c3ccc(Cl)s3)c12. The summed E-state index contributed by atoms with van der Waals surface area (Å²) in [5.74, 6) is -0.187. The van der Waals surface area contributed by atoms with Gasteiger partial charge in [0.2, 0.25) is 5.91 Å². The maximum absolute atomic E-state index is 13.6. The number of H-pyrrole nitrogens is 1. The Morgan fingerprint density at radius 3 is 2.82 bits per heavy atom. The van der Waals surface area contributed by atoms with Crippen LogP contribution >= 0.6 is 22.9 Å². The summed E-state index contributed by atoms with van der Waals surface area (Å²) in [7, 11) is 0. The summed E-state index contributed by atoms with van der Waals surface area (Å²) in [6.07, 6.45) is 6.17. The molecule has 4 bridgehead atoms. The molecule has 4 heterocycles. The van der Waals surface area contributed by atoms with Gasteiger partial charge in [-0.1, -0.05) is 30.7 Å². The minimum absolute atomic E-state index is 0.0169. The molecule has 7 rings (SSSR count). The number of thiophene rings is 1. The molecule has 6 atom stereocenters. The van der Waals surface area contributed by atoms with E-state index in [2.05, 4.69) is 24.0 Å². The van der Waals surface area contributed by atoms with Crippen LogP contribution in [0.25, 0.3) is 21.3 Å². The van der Waals surface area contributed by atoms with Crippen LogP contribution in [0.5, 0.6) is 0 Å². The highest BCUT2D eigenvalue weighted by molar-refractivity contribution is 7.19. The van der Waals surface area contributed by atoms with Crippen molar-refractivity contribution in [3.63, 3.8) is 0 Å². The number of carbonyl (C=O) groups is 2. The minimum atomic E-state index is -0.731. The largest absolute Gasteiger partial charge is 0.481 e. The molecule has 7 heteroatoms. The second-order valence-electron chi connectivity index (χ2n) is 10.1. The summed E-state index contributed by atoms with van der Waals surface area (Å²) in [5, 5.41) is 11.0. The molecule has 3 aromatic rings. The maximum Gasteiger partial charge on any atom is 0.308 e. The van der Waals surface area contributed by atoms with E-state index in [0.717, 1.165) is 56.9 Å². The second-order valence-corrected chi connectivity index (χ2v) is 11.9. The number of rotatable bonds is 5. The van der Waals surface area contributed by atoms with Crippen molar-refractivity contribution in [1.82, 2.24) is 9.88 Å². The monoisotopic (exact) mass is 482 g/mol. The summed E-state index contributed by atoms with van der Waals surface area (Å²) < 4.78 is 0.755. The maximum atomic E-state index is 13.6. The van der Waals surface area contributed by atoms with Crippen molar-refractivity contribution in [1.29, 1.82) is 0 Å². The average molecular weight is 483 g/mol. The van der Waals surface area contributed by atoms with Gasteiger partial charge in [-0.3, -0.25) is 9.59 Å². The molecule has 172 valence electrons. The van der Waals surface area contributed by atoms with Crippen molar-refractivity contribution < 1.29 is 14.7 Å². The number of amides is 1. The van der Waals surface area contributed by atoms with E-state index in [1.54, 1.807) is 11.3 Å². The predicted molar refractivity (Wildman–Crippen MR) is 131 cm³/mol. The third kappa shape index (κ3) is 3.41. The second kappa shape index (κ2) is 7.88. The van der Waals surface area contributed by atoms with Crippen LogP contribution in [-0.4, -0.2) is 39.0 Å². The van der Waals surface area contributed by atoms with E-state index in [9.17, 15) is 14.7 Å². The fourth-order valence-corrected chi connectivity index (χ4v) is 8.09. The van der Waals surface area contributed by atoms with E-state index in [1.807, 2.05) is 29.3 Å². The van der Waals surface area contributed by atoms with Crippen molar-refractivity contribution in [2.45, 2.75) is 57.0 Å². The van der Waals surface area contributed by atoms with Gasteiger partial charge in [0.25, 0.3) is 0 Å². The van der Waals surface area contributed by atoms with Crippen LogP contribution in [0, 0.1) is 17.8 Å². The standard InChI is InChI=1S/C26H27ClN2O3S/c1-13(18-12-28-19-4-2-3-17(25(18)19)21-5-6-22(27)33-21)7-23(30)29-16-9-14-8-15(11-16)24(26(31)32)20(29)10-14/h2-6,12-16,20,24,28H,7-11H2,1H3,(H,31,32). The summed E-state index contributed by atoms with van der Waals surface area (Å²) in [6.45, 7) is 2.10. The smallest absolute Gasteiger partial charge is 0.308 e. The molecule has 2 aliphatic heterocycles. The van der Waals surface area contributed by atoms with Gasteiger partial charge in [0.15, 0.2) is 0 Å². The minimum Gasteiger partial charge on any atom is -0.481 e. The number of hydrogen-bond acceptors (Lipinski definition) is 3. The van der Waals surface area contributed by atoms with Crippen molar-refractivity contribution >= 4 is 45.7 Å². The van der Waals surface area contributed by atoms with E-state index in [4.69, 9.17) is 11.6 Å². The predicted octanol–water partition coefficient (Wildman–Crippen LogP) is 6.14. The number of nitrogens with zero attached hydrogens (tertiary/aromatic N) is 1. The molecule has 1 amide bonds. The number of halogens is 1. The first kappa shape index (κ1) is 21.2. The summed E-state index contributed by atoms with van der Waals surface area (Å²) in [5.41, 5.74) is 3.30. The number of aromatic amines is 1. The van der Waals surface area contributed by atoms with E-state index in [-0.39, 0.29) is 29.8 Å². The highest BCUT2D eigenvalue weighted by Gasteiger charge is 2.56. The van der Waals surface area contributed by atoms with Gasteiger partial charge in [-0.2, -0.15) is 0 Å². The number of carboxylic acid groups (broad SMARTS) is 1. The number of carbonyl (C=O) groups excluding carboxylic acids is 1. The van der Waals surface area contributed by atoms with Crippen molar-refractivity contribution in [3.8, 4) is 10.4 Å². The van der Waals surface area contributed by atoms with E-state index < -0.39 is 11.9 Å². The number of piperidine rings is 2.